The summed E-state index contributed by atoms with van der Waals surface area (Å²) in [6, 6.07) is 11.5. The first-order valence-electron chi connectivity index (χ1n) is 8.49. The fourth-order valence-corrected chi connectivity index (χ4v) is 3.20. The van der Waals surface area contributed by atoms with E-state index in [9.17, 15) is 9.59 Å². The van der Waals surface area contributed by atoms with Gasteiger partial charge in [0.2, 0.25) is 5.56 Å². The van der Waals surface area contributed by atoms with Crippen molar-refractivity contribution in [2.24, 2.45) is 0 Å². The van der Waals surface area contributed by atoms with Gasteiger partial charge in [-0.1, -0.05) is 19.1 Å². The average molecular weight is 325 g/mol. The normalized spacial score (nSPS) is 15.3. The van der Waals surface area contributed by atoms with E-state index >= 15 is 0 Å². The Hall–Kier alpha value is -2.56. The lowest BCUT2D eigenvalue weighted by Gasteiger charge is -2.32. The van der Waals surface area contributed by atoms with Gasteiger partial charge in [0.15, 0.2) is 0 Å². The maximum absolute atomic E-state index is 12.4. The van der Waals surface area contributed by atoms with Crippen LogP contribution in [0.4, 0.5) is 10.5 Å². The van der Waals surface area contributed by atoms with Crippen molar-refractivity contribution in [3.05, 3.63) is 64.1 Å². The molecule has 2 N–H and O–H groups in total. The molecule has 0 unspecified atom stereocenters. The molecular formula is C19H23N3O2. The Morgan fingerprint density at radius 1 is 1.25 bits per heavy atom. The number of hydrogen-bond acceptors (Lipinski definition) is 2. The molecule has 1 saturated heterocycles. The number of pyridine rings is 1. The van der Waals surface area contributed by atoms with Crippen LogP contribution in [0.5, 0.6) is 0 Å². The zero-order chi connectivity index (χ0) is 16.9. The Bertz CT molecular complexity index is 761. The van der Waals surface area contributed by atoms with Crippen LogP contribution in [0, 0.1) is 0 Å². The number of amides is 2. The highest BCUT2D eigenvalue weighted by molar-refractivity contribution is 5.89. The molecule has 1 aliphatic rings. The minimum atomic E-state index is -0.0662. The number of likely N-dealkylation sites (tertiary alicyclic amines) is 1. The minimum Gasteiger partial charge on any atom is -0.329 e. The molecule has 1 aromatic carbocycles. The van der Waals surface area contributed by atoms with Gasteiger partial charge in [-0.3, -0.25) is 4.79 Å². The second-order valence-corrected chi connectivity index (χ2v) is 6.23. The summed E-state index contributed by atoms with van der Waals surface area (Å²) in [6.45, 7) is 3.51. The van der Waals surface area contributed by atoms with Gasteiger partial charge < -0.3 is 15.2 Å². The molecule has 2 heterocycles. The van der Waals surface area contributed by atoms with Crippen molar-refractivity contribution >= 4 is 11.7 Å². The summed E-state index contributed by atoms with van der Waals surface area (Å²) in [7, 11) is 0. The van der Waals surface area contributed by atoms with Crippen molar-refractivity contribution < 1.29 is 4.79 Å². The van der Waals surface area contributed by atoms with Crippen LogP contribution < -0.4 is 10.9 Å². The first kappa shape index (κ1) is 16.3. The number of aryl methyl sites for hydroxylation is 1. The van der Waals surface area contributed by atoms with Gasteiger partial charge in [0.1, 0.15) is 0 Å². The summed E-state index contributed by atoms with van der Waals surface area (Å²) in [5, 5.41) is 2.98. The molecule has 3 rings (SSSR count). The van der Waals surface area contributed by atoms with Crippen LogP contribution in [0.2, 0.25) is 0 Å². The SMILES string of the molecule is CCc1cccc(NC(=O)N2CCC(c3cc[nH]c(=O)c3)CC2)c1. The number of piperidine rings is 1. The predicted octanol–water partition coefficient (Wildman–Crippen LogP) is 3.35. The minimum absolute atomic E-state index is 0.0485. The standard InChI is InChI=1S/C19H23N3O2/c1-2-14-4-3-5-17(12-14)21-19(24)22-10-7-15(8-11-22)16-6-9-20-18(23)13-16/h3-6,9,12-13,15H,2,7-8,10-11H2,1H3,(H,20,23)(H,21,24). The third-order valence-corrected chi connectivity index (χ3v) is 4.64. The summed E-state index contributed by atoms with van der Waals surface area (Å²) < 4.78 is 0. The van der Waals surface area contributed by atoms with E-state index < -0.39 is 0 Å². The number of hydrogen-bond donors (Lipinski definition) is 2. The first-order valence-corrected chi connectivity index (χ1v) is 8.49. The van der Waals surface area contributed by atoms with E-state index in [1.54, 1.807) is 12.3 Å². The van der Waals surface area contributed by atoms with Crippen molar-refractivity contribution in [2.75, 3.05) is 18.4 Å². The quantitative estimate of drug-likeness (QED) is 0.909. The monoisotopic (exact) mass is 325 g/mol. The molecule has 1 aliphatic heterocycles. The molecule has 0 atom stereocenters. The zero-order valence-corrected chi connectivity index (χ0v) is 13.9. The molecule has 0 radical (unpaired) electrons. The van der Waals surface area contributed by atoms with Gasteiger partial charge in [0, 0.05) is 31.0 Å². The lowest BCUT2D eigenvalue weighted by Crippen LogP contribution is -2.40. The summed E-state index contributed by atoms with van der Waals surface area (Å²) in [5.41, 5.74) is 3.05. The molecule has 0 saturated carbocycles. The van der Waals surface area contributed by atoms with Crippen LogP contribution in [0.25, 0.3) is 0 Å². The topological polar surface area (TPSA) is 65.2 Å². The molecule has 1 fully saturated rings. The van der Waals surface area contributed by atoms with Gasteiger partial charge in [0.05, 0.1) is 0 Å². The van der Waals surface area contributed by atoms with Gasteiger partial charge in [-0.15, -0.1) is 0 Å². The van der Waals surface area contributed by atoms with Crippen molar-refractivity contribution in [1.29, 1.82) is 0 Å². The third-order valence-electron chi connectivity index (χ3n) is 4.64. The second kappa shape index (κ2) is 7.34. The average Bonchev–Trinajstić information content (AvgIpc) is 2.62. The first-order chi connectivity index (χ1) is 11.7. The lowest BCUT2D eigenvalue weighted by atomic mass is 9.90. The largest absolute Gasteiger partial charge is 0.329 e. The number of H-pyrrole nitrogens is 1. The van der Waals surface area contributed by atoms with Gasteiger partial charge in [0.25, 0.3) is 0 Å². The maximum atomic E-state index is 12.4. The Kier molecular flexibility index (Phi) is 4.99. The van der Waals surface area contributed by atoms with E-state index in [0.29, 0.717) is 19.0 Å². The molecule has 0 bridgehead atoms. The van der Waals surface area contributed by atoms with E-state index in [1.807, 2.05) is 29.2 Å². The fourth-order valence-electron chi connectivity index (χ4n) is 3.20. The Balaban J connectivity index is 1.58. The number of carbonyl (C=O) groups is 1. The van der Waals surface area contributed by atoms with Crippen molar-refractivity contribution in [1.82, 2.24) is 9.88 Å². The summed E-state index contributed by atoms with van der Waals surface area (Å²) in [5.74, 6) is 0.347. The number of nitrogens with zero attached hydrogens (tertiary/aromatic N) is 1. The van der Waals surface area contributed by atoms with Gasteiger partial charge in [-0.2, -0.15) is 0 Å². The fraction of sp³-hybridized carbons (Fsp3) is 0.368. The van der Waals surface area contributed by atoms with Crippen molar-refractivity contribution in [2.45, 2.75) is 32.1 Å². The number of benzene rings is 1. The Morgan fingerprint density at radius 3 is 2.75 bits per heavy atom. The summed E-state index contributed by atoms with van der Waals surface area (Å²) in [4.78, 5) is 28.3. The maximum Gasteiger partial charge on any atom is 0.321 e. The number of aromatic amines is 1. The van der Waals surface area contributed by atoms with Crippen molar-refractivity contribution in [3.8, 4) is 0 Å². The molecular weight excluding hydrogens is 302 g/mol. The highest BCUT2D eigenvalue weighted by atomic mass is 16.2. The van der Waals surface area contributed by atoms with E-state index in [4.69, 9.17) is 0 Å². The van der Waals surface area contributed by atoms with Crippen LogP contribution >= 0.6 is 0 Å². The molecule has 2 amide bonds. The highest BCUT2D eigenvalue weighted by Crippen LogP contribution is 2.27. The predicted molar refractivity (Wildman–Crippen MR) is 95.4 cm³/mol. The van der Waals surface area contributed by atoms with E-state index in [2.05, 4.69) is 23.3 Å². The van der Waals surface area contributed by atoms with E-state index in [0.717, 1.165) is 30.5 Å². The second-order valence-electron chi connectivity index (χ2n) is 6.23. The number of anilines is 1. The molecule has 5 heteroatoms. The number of urea groups is 1. The number of nitrogens with one attached hydrogen (secondary N) is 2. The van der Waals surface area contributed by atoms with Crippen LogP contribution in [-0.2, 0) is 6.42 Å². The van der Waals surface area contributed by atoms with Crippen LogP contribution in [-0.4, -0.2) is 29.0 Å². The number of carbonyl (C=O) groups excluding carboxylic acids is 1. The van der Waals surface area contributed by atoms with E-state index in [1.165, 1.54) is 5.56 Å². The lowest BCUT2D eigenvalue weighted by molar-refractivity contribution is 0.194. The third kappa shape index (κ3) is 3.85. The Morgan fingerprint density at radius 2 is 2.04 bits per heavy atom. The molecule has 5 nitrogen and oxygen atoms in total. The number of aromatic nitrogens is 1. The van der Waals surface area contributed by atoms with Crippen LogP contribution in [0.3, 0.4) is 0 Å². The molecule has 1 aromatic heterocycles. The molecule has 24 heavy (non-hydrogen) atoms. The van der Waals surface area contributed by atoms with E-state index in [-0.39, 0.29) is 11.6 Å². The molecule has 0 aliphatic carbocycles. The van der Waals surface area contributed by atoms with Gasteiger partial charge in [-0.05, 0) is 54.5 Å². The number of rotatable bonds is 3. The Labute approximate surface area is 141 Å². The zero-order valence-electron chi connectivity index (χ0n) is 13.9. The van der Waals surface area contributed by atoms with Gasteiger partial charge >= 0.3 is 6.03 Å². The smallest absolute Gasteiger partial charge is 0.321 e. The van der Waals surface area contributed by atoms with Crippen LogP contribution in [0.15, 0.2) is 47.4 Å². The van der Waals surface area contributed by atoms with Crippen LogP contribution in [0.1, 0.15) is 36.8 Å². The van der Waals surface area contributed by atoms with Gasteiger partial charge in [-0.25, -0.2) is 4.79 Å². The summed E-state index contributed by atoms with van der Waals surface area (Å²) >= 11 is 0. The molecule has 0 spiro atoms. The molecule has 2 aromatic rings. The highest BCUT2D eigenvalue weighted by Gasteiger charge is 2.24. The summed E-state index contributed by atoms with van der Waals surface area (Å²) in [6.07, 6.45) is 4.40. The molecule has 126 valence electrons. The van der Waals surface area contributed by atoms with Crippen molar-refractivity contribution in [3.63, 3.8) is 0 Å².